The molecule has 0 amide bonds. The van der Waals surface area contributed by atoms with Gasteiger partial charge in [0, 0.05) is 45.0 Å². The van der Waals surface area contributed by atoms with Gasteiger partial charge in [0.25, 0.3) is 0 Å². The minimum Gasteiger partial charge on any atom is -0.495 e. The number of nitrogens with zero attached hydrogens (tertiary/aromatic N) is 2. The molecular formula is C20H26FN3O3S. The first-order valence-corrected chi connectivity index (χ1v) is 10.7. The van der Waals surface area contributed by atoms with Crippen molar-refractivity contribution in [3.8, 4) is 5.75 Å². The van der Waals surface area contributed by atoms with Crippen molar-refractivity contribution in [1.82, 2.24) is 9.62 Å². The van der Waals surface area contributed by atoms with Crippen molar-refractivity contribution in [3.63, 3.8) is 0 Å². The van der Waals surface area contributed by atoms with Crippen LogP contribution in [0, 0.1) is 12.7 Å². The molecule has 1 N–H and O–H groups in total. The van der Waals surface area contributed by atoms with E-state index in [1.807, 2.05) is 13.0 Å². The highest BCUT2D eigenvalue weighted by atomic mass is 32.2. The Labute approximate surface area is 166 Å². The van der Waals surface area contributed by atoms with Crippen LogP contribution >= 0.6 is 0 Å². The van der Waals surface area contributed by atoms with Crippen LogP contribution < -0.4 is 14.4 Å². The van der Waals surface area contributed by atoms with Crippen LogP contribution in [0.15, 0.2) is 47.4 Å². The lowest BCUT2D eigenvalue weighted by Gasteiger charge is -2.36. The fourth-order valence-electron chi connectivity index (χ4n) is 3.29. The predicted molar refractivity (Wildman–Crippen MR) is 108 cm³/mol. The second kappa shape index (κ2) is 8.89. The summed E-state index contributed by atoms with van der Waals surface area (Å²) in [7, 11) is -2.17. The number of ether oxygens (including phenoxy) is 1. The Morgan fingerprint density at radius 3 is 2.39 bits per heavy atom. The molecule has 1 saturated heterocycles. The van der Waals surface area contributed by atoms with E-state index in [9.17, 15) is 12.8 Å². The topological polar surface area (TPSA) is 61.9 Å². The molecule has 152 valence electrons. The van der Waals surface area contributed by atoms with Gasteiger partial charge in [-0.15, -0.1) is 0 Å². The summed E-state index contributed by atoms with van der Waals surface area (Å²) in [5.74, 6) is 0.103. The molecule has 1 heterocycles. The number of anilines is 1. The maximum absolute atomic E-state index is 13.1. The van der Waals surface area contributed by atoms with Gasteiger partial charge in [0.1, 0.15) is 16.5 Å². The Kier molecular flexibility index (Phi) is 6.53. The van der Waals surface area contributed by atoms with Crippen LogP contribution in [0.5, 0.6) is 5.75 Å². The molecule has 28 heavy (non-hydrogen) atoms. The van der Waals surface area contributed by atoms with E-state index in [0.29, 0.717) is 18.8 Å². The summed E-state index contributed by atoms with van der Waals surface area (Å²) in [5, 5.41) is 0. The van der Waals surface area contributed by atoms with E-state index in [2.05, 4.69) is 14.5 Å². The van der Waals surface area contributed by atoms with Gasteiger partial charge in [-0.3, -0.25) is 4.90 Å². The van der Waals surface area contributed by atoms with E-state index >= 15 is 0 Å². The maximum atomic E-state index is 13.1. The van der Waals surface area contributed by atoms with Gasteiger partial charge in [-0.05, 0) is 48.9 Å². The average molecular weight is 408 g/mol. The third kappa shape index (κ3) is 5.01. The number of piperazine rings is 1. The zero-order valence-corrected chi connectivity index (χ0v) is 17.0. The molecule has 0 spiro atoms. The number of rotatable bonds is 7. The molecule has 0 saturated carbocycles. The molecule has 0 unspecified atom stereocenters. The van der Waals surface area contributed by atoms with Gasteiger partial charge in [-0.1, -0.05) is 6.07 Å². The van der Waals surface area contributed by atoms with Gasteiger partial charge in [0.2, 0.25) is 10.0 Å². The number of hydrogen-bond donors (Lipinski definition) is 1. The van der Waals surface area contributed by atoms with Gasteiger partial charge in [0.15, 0.2) is 0 Å². The summed E-state index contributed by atoms with van der Waals surface area (Å²) >= 11 is 0. The van der Waals surface area contributed by atoms with Gasteiger partial charge in [0.05, 0.1) is 7.11 Å². The molecule has 1 aliphatic heterocycles. The van der Waals surface area contributed by atoms with Gasteiger partial charge in [-0.25, -0.2) is 17.5 Å². The first-order valence-electron chi connectivity index (χ1n) is 9.26. The average Bonchev–Trinajstić information content (AvgIpc) is 2.69. The van der Waals surface area contributed by atoms with E-state index in [1.54, 1.807) is 24.3 Å². The normalized spacial score (nSPS) is 15.6. The number of benzene rings is 2. The van der Waals surface area contributed by atoms with Crippen molar-refractivity contribution >= 4 is 15.7 Å². The molecule has 2 aromatic rings. The molecule has 2 aromatic carbocycles. The minimum atomic E-state index is -3.63. The van der Waals surface area contributed by atoms with Crippen LogP contribution in [-0.2, 0) is 10.0 Å². The van der Waals surface area contributed by atoms with E-state index in [-0.39, 0.29) is 10.7 Å². The quantitative estimate of drug-likeness (QED) is 0.763. The van der Waals surface area contributed by atoms with Crippen LogP contribution in [0.1, 0.15) is 5.56 Å². The van der Waals surface area contributed by atoms with Crippen molar-refractivity contribution < 1.29 is 17.5 Å². The predicted octanol–water partition coefficient (Wildman–Crippen LogP) is 2.24. The number of aryl methyl sites for hydroxylation is 1. The van der Waals surface area contributed by atoms with Crippen molar-refractivity contribution in [2.75, 3.05) is 51.3 Å². The summed E-state index contributed by atoms with van der Waals surface area (Å²) in [6, 6.07) is 11.6. The Hall–Kier alpha value is -2.16. The molecule has 0 bridgehead atoms. The first-order chi connectivity index (χ1) is 13.4. The third-order valence-corrected chi connectivity index (χ3v) is 6.38. The summed E-state index contributed by atoms with van der Waals surface area (Å²) in [6.07, 6.45) is 0. The van der Waals surface area contributed by atoms with Crippen molar-refractivity contribution in [2.24, 2.45) is 0 Å². The van der Waals surface area contributed by atoms with E-state index < -0.39 is 10.0 Å². The van der Waals surface area contributed by atoms with Crippen molar-refractivity contribution in [3.05, 3.63) is 53.8 Å². The standard InChI is InChI=1S/C20H26FN3O3S/c1-16-3-8-19(27-2)20(15-16)28(25,26)22-9-10-23-11-13-24(14-12-23)18-6-4-17(21)5-7-18/h3-8,15,22H,9-14H2,1-2H3. The van der Waals surface area contributed by atoms with Crippen LogP contribution in [0.2, 0.25) is 0 Å². The Morgan fingerprint density at radius 1 is 1.07 bits per heavy atom. The third-order valence-electron chi connectivity index (χ3n) is 4.89. The number of hydrogen-bond acceptors (Lipinski definition) is 5. The highest BCUT2D eigenvalue weighted by molar-refractivity contribution is 7.89. The molecule has 0 aliphatic carbocycles. The smallest absolute Gasteiger partial charge is 0.244 e. The van der Waals surface area contributed by atoms with E-state index in [1.165, 1.54) is 19.2 Å². The lowest BCUT2D eigenvalue weighted by molar-refractivity contribution is 0.262. The molecule has 1 fully saturated rings. The molecule has 6 nitrogen and oxygen atoms in total. The molecular weight excluding hydrogens is 381 g/mol. The Morgan fingerprint density at radius 2 is 1.75 bits per heavy atom. The van der Waals surface area contributed by atoms with E-state index in [0.717, 1.165) is 37.4 Å². The lowest BCUT2D eigenvalue weighted by Crippen LogP contribution is -2.48. The van der Waals surface area contributed by atoms with Crippen molar-refractivity contribution in [1.29, 1.82) is 0 Å². The van der Waals surface area contributed by atoms with Gasteiger partial charge < -0.3 is 9.64 Å². The fourth-order valence-corrected chi connectivity index (χ4v) is 4.56. The molecule has 0 radical (unpaired) electrons. The zero-order chi connectivity index (χ0) is 20.1. The van der Waals surface area contributed by atoms with Crippen LogP contribution in [0.4, 0.5) is 10.1 Å². The summed E-state index contributed by atoms with van der Waals surface area (Å²) in [5.41, 5.74) is 1.87. The van der Waals surface area contributed by atoms with Crippen LogP contribution in [0.25, 0.3) is 0 Å². The molecule has 0 aromatic heterocycles. The molecule has 0 atom stereocenters. The molecule has 3 rings (SSSR count). The monoisotopic (exact) mass is 407 g/mol. The number of halogens is 1. The zero-order valence-electron chi connectivity index (χ0n) is 16.2. The van der Waals surface area contributed by atoms with Crippen molar-refractivity contribution in [2.45, 2.75) is 11.8 Å². The second-order valence-electron chi connectivity index (χ2n) is 6.86. The highest BCUT2D eigenvalue weighted by Crippen LogP contribution is 2.24. The minimum absolute atomic E-state index is 0.163. The van der Waals surface area contributed by atoms with Gasteiger partial charge in [-0.2, -0.15) is 0 Å². The largest absolute Gasteiger partial charge is 0.495 e. The summed E-state index contributed by atoms with van der Waals surface area (Å²) in [6.45, 7) is 6.10. The highest BCUT2D eigenvalue weighted by Gasteiger charge is 2.21. The van der Waals surface area contributed by atoms with Crippen LogP contribution in [0.3, 0.4) is 0 Å². The number of sulfonamides is 1. The maximum Gasteiger partial charge on any atom is 0.244 e. The first kappa shape index (κ1) is 20.6. The van der Waals surface area contributed by atoms with Crippen LogP contribution in [-0.4, -0.2) is 59.7 Å². The number of methoxy groups -OCH3 is 1. The number of nitrogens with one attached hydrogen (secondary N) is 1. The Balaban J connectivity index is 1.50. The molecule has 1 aliphatic rings. The summed E-state index contributed by atoms with van der Waals surface area (Å²) in [4.78, 5) is 4.59. The SMILES string of the molecule is COc1ccc(C)cc1S(=O)(=O)NCCN1CCN(c2ccc(F)cc2)CC1. The van der Waals surface area contributed by atoms with Gasteiger partial charge >= 0.3 is 0 Å². The Bertz CT molecular complexity index is 895. The summed E-state index contributed by atoms with van der Waals surface area (Å²) < 4.78 is 46.2. The van der Waals surface area contributed by atoms with E-state index in [4.69, 9.17) is 4.74 Å². The second-order valence-corrected chi connectivity index (χ2v) is 8.59. The lowest BCUT2D eigenvalue weighted by atomic mass is 10.2. The molecule has 8 heteroatoms. The fraction of sp³-hybridized carbons (Fsp3) is 0.400.